The molecule has 108 valence electrons. The van der Waals surface area contributed by atoms with Crippen LogP contribution in [0.25, 0.3) is 0 Å². The Balaban J connectivity index is 2.39. The predicted octanol–water partition coefficient (Wildman–Crippen LogP) is 5.37. The zero-order valence-corrected chi connectivity index (χ0v) is 14.5. The van der Waals surface area contributed by atoms with Crippen LogP contribution in [0.1, 0.15) is 21.1 Å². The molecule has 1 aromatic carbocycles. The monoisotopic (exact) mass is 347 g/mol. The van der Waals surface area contributed by atoms with Crippen molar-refractivity contribution in [2.75, 3.05) is 11.8 Å². The lowest BCUT2D eigenvalue weighted by atomic mass is 9.81. The predicted molar refractivity (Wildman–Crippen MR) is 89.9 cm³/mol. The Morgan fingerprint density at radius 2 is 1.90 bits per heavy atom. The highest BCUT2D eigenvalue weighted by Gasteiger charge is 2.32. The third-order valence-electron chi connectivity index (χ3n) is 3.51. The van der Waals surface area contributed by atoms with Gasteiger partial charge in [-0.05, 0) is 31.5 Å². The van der Waals surface area contributed by atoms with Gasteiger partial charge < -0.3 is 0 Å². The smallest absolute Gasteiger partial charge is 0.0940 e. The number of hydrogen-bond donors (Lipinski definition) is 0. The van der Waals surface area contributed by atoms with E-state index < -0.39 is 0 Å². The molecule has 20 heavy (non-hydrogen) atoms. The van der Waals surface area contributed by atoms with E-state index in [1.54, 1.807) is 11.3 Å². The Morgan fingerprint density at radius 3 is 2.40 bits per heavy atom. The van der Waals surface area contributed by atoms with Gasteiger partial charge in [-0.25, -0.2) is 4.98 Å². The van der Waals surface area contributed by atoms with Crippen molar-refractivity contribution in [3.63, 3.8) is 0 Å². The van der Waals surface area contributed by atoms with E-state index in [0.717, 1.165) is 22.7 Å². The lowest BCUT2D eigenvalue weighted by molar-refractivity contribution is 0.534. The van der Waals surface area contributed by atoms with Crippen molar-refractivity contribution in [3.05, 3.63) is 50.4 Å². The summed E-state index contributed by atoms with van der Waals surface area (Å²) in [6.07, 6.45) is 0.736. The SMILES string of the molecule is Cc1nc(CC(CCl)(CCl)c2cccc(Cl)c2)sc1C. The molecule has 0 aliphatic carbocycles. The molecule has 0 fully saturated rings. The fourth-order valence-corrected chi connectivity index (χ4v) is 4.16. The molecule has 2 aromatic rings. The number of aryl methyl sites for hydroxylation is 2. The first-order valence-corrected chi connectivity index (χ1v) is 8.58. The maximum atomic E-state index is 6.26. The lowest BCUT2D eigenvalue weighted by Crippen LogP contribution is -2.33. The second-order valence-corrected chi connectivity index (χ2v) is 7.24. The minimum atomic E-state index is -0.329. The number of rotatable bonds is 5. The van der Waals surface area contributed by atoms with Gasteiger partial charge >= 0.3 is 0 Å². The van der Waals surface area contributed by atoms with Gasteiger partial charge in [0, 0.05) is 33.5 Å². The van der Waals surface area contributed by atoms with Crippen molar-refractivity contribution >= 4 is 46.1 Å². The number of aromatic nitrogens is 1. The maximum absolute atomic E-state index is 6.26. The van der Waals surface area contributed by atoms with E-state index in [-0.39, 0.29) is 5.41 Å². The summed E-state index contributed by atoms with van der Waals surface area (Å²) in [4.78, 5) is 5.85. The molecule has 2 rings (SSSR count). The molecule has 1 nitrogen and oxygen atoms in total. The van der Waals surface area contributed by atoms with Crippen molar-refractivity contribution in [2.45, 2.75) is 25.7 Å². The molecule has 5 heteroatoms. The van der Waals surface area contributed by atoms with Crippen molar-refractivity contribution in [1.82, 2.24) is 4.98 Å². The standard InChI is InChI=1S/C15H16Cl3NS/c1-10-11(2)20-14(19-10)7-15(8-16,9-17)12-4-3-5-13(18)6-12/h3-6H,7-9H2,1-2H3. The van der Waals surface area contributed by atoms with Gasteiger partial charge in [0.05, 0.1) is 10.7 Å². The third-order valence-corrected chi connectivity index (χ3v) is 5.84. The number of benzene rings is 1. The summed E-state index contributed by atoms with van der Waals surface area (Å²) in [5, 5.41) is 1.77. The van der Waals surface area contributed by atoms with Crippen molar-refractivity contribution in [1.29, 1.82) is 0 Å². The van der Waals surface area contributed by atoms with Crippen LogP contribution >= 0.6 is 46.1 Å². The molecule has 0 N–H and O–H groups in total. The van der Waals surface area contributed by atoms with Crippen LogP contribution in [0.3, 0.4) is 0 Å². The van der Waals surface area contributed by atoms with Crippen LogP contribution in [0.5, 0.6) is 0 Å². The number of hydrogen-bond acceptors (Lipinski definition) is 2. The summed E-state index contributed by atoms with van der Waals surface area (Å²) < 4.78 is 0. The molecule has 0 atom stereocenters. The van der Waals surface area contributed by atoms with Gasteiger partial charge in [0.15, 0.2) is 0 Å². The Bertz CT molecular complexity index is 571. The average molecular weight is 349 g/mol. The van der Waals surface area contributed by atoms with Gasteiger partial charge in [0.25, 0.3) is 0 Å². The summed E-state index contributed by atoms with van der Waals surface area (Å²) in [6.45, 7) is 4.11. The molecular formula is C15H16Cl3NS. The highest BCUT2D eigenvalue weighted by atomic mass is 35.5. The van der Waals surface area contributed by atoms with Gasteiger partial charge in [-0.1, -0.05) is 23.7 Å². The first kappa shape index (κ1) is 16.1. The number of nitrogens with zero attached hydrogens (tertiary/aromatic N) is 1. The second kappa shape index (κ2) is 6.65. The average Bonchev–Trinajstić information content (AvgIpc) is 2.75. The zero-order chi connectivity index (χ0) is 14.8. The van der Waals surface area contributed by atoms with Crippen LogP contribution in [-0.2, 0) is 11.8 Å². The zero-order valence-electron chi connectivity index (χ0n) is 11.4. The Kier molecular flexibility index (Phi) is 5.36. The van der Waals surface area contributed by atoms with Crippen molar-refractivity contribution < 1.29 is 0 Å². The van der Waals surface area contributed by atoms with Crippen LogP contribution in [0.2, 0.25) is 5.02 Å². The fraction of sp³-hybridized carbons (Fsp3) is 0.400. The molecule has 0 unspecified atom stereocenters. The van der Waals surface area contributed by atoms with Crippen LogP contribution in [0.4, 0.5) is 0 Å². The van der Waals surface area contributed by atoms with Gasteiger partial charge in [-0.2, -0.15) is 0 Å². The molecule has 0 amide bonds. The van der Waals surface area contributed by atoms with Crippen LogP contribution in [0.15, 0.2) is 24.3 Å². The normalized spacial score (nSPS) is 11.8. The molecule has 1 heterocycles. The van der Waals surface area contributed by atoms with Crippen molar-refractivity contribution in [2.24, 2.45) is 0 Å². The topological polar surface area (TPSA) is 12.9 Å². The van der Waals surface area contributed by atoms with Gasteiger partial charge in [0.2, 0.25) is 0 Å². The number of alkyl halides is 2. The van der Waals surface area contributed by atoms with E-state index in [4.69, 9.17) is 34.8 Å². The van der Waals surface area contributed by atoms with Crippen LogP contribution in [0, 0.1) is 13.8 Å². The van der Waals surface area contributed by atoms with E-state index in [2.05, 4.69) is 11.9 Å². The fourth-order valence-electron chi connectivity index (χ4n) is 2.11. The molecule has 1 aromatic heterocycles. The van der Waals surface area contributed by atoms with E-state index >= 15 is 0 Å². The number of halogens is 3. The highest BCUT2D eigenvalue weighted by Crippen LogP contribution is 2.34. The summed E-state index contributed by atoms with van der Waals surface area (Å²) in [5.74, 6) is 0.878. The third kappa shape index (κ3) is 3.30. The van der Waals surface area contributed by atoms with E-state index in [1.807, 2.05) is 31.2 Å². The van der Waals surface area contributed by atoms with Crippen molar-refractivity contribution in [3.8, 4) is 0 Å². The molecule has 0 radical (unpaired) electrons. The molecule has 0 aliphatic rings. The Morgan fingerprint density at radius 1 is 1.20 bits per heavy atom. The lowest BCUT2D eigenvalue weighted by Gasteiger charge is -2.29. The molecule has 0 spiro atoms. The van der Waals surface area contributed by atoms with E-state index in [9.17, 15) is 0 Å². The molecule has 0 bridgehead atoms. The molecule has 0 saturated carbocycles. The maximum Gasteiger partial charge on any atom is 0.0940 e. The summed E-state index contributed by atoms with van der Waals surface area (Å²) in [7, 11) is 0. The highest BCUT2D eigenvalue weighted by molar-refractivity contribution is 7.11. The van der Waals surface area contributed by atoms with E-state index in [1.165, 1.54) is 4.88 Å². The molecular weight excluding hydrogens is 333 g/mol. The van der Waals surface area contributed by atoms with E-state index in [0.29, 0.717) is 16.8 Å². The largest absolute Gasteiger partial charge is 0.246 e. The Hall–Kier alpha value is -0.280. The minimum absolute atomic E-state index is 0.329. The first-order valence-electron chi connectivity index (χ1n) is 6.31. The summed E-state index contributed by atoms with van der Waals surface area (Å²) in [6, 6.07) is 7.77. The summed E-state index contributed by atoms with van der Waals surface area (Å²) in [5.41, 5.74) is 1.82. The first-order chi connectivity index (χ1) is 9.50. The van der Waals surface area contributed by atoms with Gasteiger partial charge in [-0.15, -0.1) is 34.5 Å². The molecule has 0 saturated heterocycles. The van der Waals surface area contributed by atoms with Crippen LogP contribution < -0.4 is 0 Å². The second-order valence-electron chi connectivity index (χ2n) is 4.98. The van der Waals surface area contributed by atoms with Gasteiger partial charge in [-0.3, -0.25) is 0 Å². The number of thiazole rings is 1. The quantitative estimate of drug-likeness (QED) is 0.662. The minimum Gasteiger partial charge on any atom is -0.246 e. The van der Waals surface area contributed by atoms with Gasteiger partial charge in [0.1, 0.15) is 0 Å². The Labute approximate surface area is 138 Å². The summed E-state index contributed by atoms with van der Waals surface area (Å²) >= 11 is 20.3. The molecule has 0 aliphatic heterocycles. The van der Waals surface area contributed by atoms with Crippen LogP contribution in [-0.4, -0.2) is 16.7 Å².